The van der Waals surface area contributed by atoms with Crippen molar-refractivity contribution < 1.29 is 0 Å². The first-order chi connectivity index (χ1) is 9.33. The summed E-state index contributed by atoms with van der Waals surface area (Å²) in [6.07, 6.45) is 4.55. The molecule has 1 aliphatic rings. The standard InChI is InChI=1S/C14H21N5/c1-11-17-13-12(4-5-16-14(13)18-11)10-15-6-9-19-7-2-3-8-19/h4-5,15H,2-3,6-10H2,1H3,(H,16,17,18). The lowest BCUT2D eigenvalue weighted by Gasteiger charge is -2.14. The van der Waals surface area contributed by atoms with Crippen molar-refractivity contribution in [3.8, 4) is 0 Å². The third-order valence-electron chi connectivity index (χ3n) is 3.72. The van der Waals surface area contributed by atoms with Gasteiger partial charge in [0.15, 0.2) is 5.65 Å². The molecule has 0 aliphatic carbocycles. The van der Waals surface area contributed by atoms with Crippen molar-refractivity contribution in [3.63, 3.8) is 0 Å². The molecule has 5 nitrogen and oxygen atoms in total. The monoisotopic (exact) mass is 259 g/mol. The van der Waals surface area contributed by atoms with Crippen LogP contribution in [0.15, 0.2) is 12.3 Å². The topological polar surface area (TPSA) is 56.8 Å². The number of aromatic nitrogens is 3. The molecule has 2 N–H and O–H groups in total. The quantitative estimate of drug-likeness (QED) is 0.798. The lowest BCUT2D eigenvalue weighted by Crippen LogP contribution is -2.29. The van der Waals surface area contributed by atoms with Crippen LogP contribution in [0.4, 0.5) is 0 Å². The second-order valence-corrected chi connectivity index (χ2v) is 5.22. The number of nitrogens with one attached hydrogen (secondary N) is 2. The normalized spacial score (nSPS) is 16.5. The van der Waals surface area contributed by atoms with Gasteiger partial charge in [-0.1, -0.05) is 0 Å². The van der Waals surface area contributed by atoms with Gasteiger partial charge in [0.1, 0.15) is 5.82 Å². The summed E-state index contributed by atoms with van der Waals surface area (Å²) in [5.41, 5.74) is 3.12. The summed E-state index contributed by atoms with van der Waals surface area (Å²) in [7, 11) is 0. The van der Waals surface area contributed by atoms with Crippen LogP contribution in [-0.4, -0.2) is 46.0 Å². The van der Waals surface area contributed by atoms with Crippen LogP contribution in [-0.2, 0) is 6.54 Å². The van der Waals surface area contributed by atoms with Crippen molar-refractivity contribution in [3.05, 3.63) is 23.7 Å². The average molecular weight is 259 g/mol. The lowest BCUT2D eigenvalue weighted by atomic mass is 10.2. The first-order valence-corrected chi connectivity index (χ1v) is 7.06. The summed E-state index contributed by atoms with van der Waals surface area (Å²) in [5.74, 6) is 0.923. The number of hydrogen-bond acceptors (Lipinski definition) is 4. The highest BCUT2D eigenvalue weighted by Crippen LogP contribution is 2.13. The second kappa shape index (κ2) is 5.67. The van der Waals surface area contributed by atoms with Gasteiger partial charge in [0.05, 0.1) is 5.52 Å². The number of imidazole rings is 1. The van der Waals surface area contributed by atoms with Crippen molar-refractivity contribution in [2.45, 2.75) is 26.3 Å². The van der Waals surface area contributed by atoms with E-state index in [1.165, 1.54) is 31.5 Å². The van der Waals surface area contributed by atoms with Gasteiger partial charge in [-0.2, -0.15) is 0 Å². The maximum atomic E-state index is 4.36. The van der Waals surface area contributed by atoms with Gasteiger partial charge >= 0.3 is 0 Å². The molecule has 0 unspecified atom stereocenters. The van der Waals surface area contributed by atoms with E-state index in [-0.39, 0.29) is 0 Å². The van der Waals surface area contributed by atoms with E-state index >= 15 is 0 Å². The molecule has 1 aliphatic heterocycles. The number of aryl methyl sites for hydroxylation is 1. The van der Waals surface area contributed by atoms with E-state index in [1.54, 1.807) is 0 Å². The molecule has 2 aromatic heterocycles. The molecule has 0 amide bonds. The zero-order valence-electron chi connectivity index (χ0n) is 11.4. The van der Waals surface area contributed by atoms with E-state index < -0.39 is 0 Å². The minimum absolute atomic E-state index is 0.816. The van der Waals surface area contributed by atoms with Crippen LogP contribution in [0.3, 0.4) is 0 Å². The van der Waals surface area contributed by atoms with Gasteiger partial charge in [-0.15, -0.1) is 0 Å². The molecule has 0 radical (unpaired) electrons. The van der Waals surface area contributed by atoms with Crippen molar-refractivity contribution >= 4 is 11.2 Å². The van der Waals surface area contributed by atoms with Crippen LogP contribution in [0, 0.1) is 6.92 Å². The molecule has 2 aromatic rings. The maximum Gasteiger partial charge on any atom is 0.177 e. The fraction of sp³-hybridized carbons (Fsp3) is 0.571. The molecular formula is C14H21N5. The van der Waals surface area contributed by atoms with E-state index in [1.807, 2.05) is 13.1 Å². The van der Waals surface area contributed by atoms with Gasteiger partial charge in [0, 0.05) is 25.8 Å². The van der Waals surface area contributed by atoms with E-state index in [9.17, 15) is 0 Å². The summed E-state index contributed by atoms with van der Waals surface area (Å²) in [4.78, 5) is 14.4. The summed E-state index contributed by atoms with van der Waals surface area (Å²) in [5, 5.41) is 3.51. The third kappa shape index (κ3) is 2.93. The minimum atomic E-state index is 0.816. The molecule has 102 valence electrons. The predicted molar refractivity (Wildman–Crippen MR) is 76.0 cm³/mol. The van der Waals surface area contributed by atoms with Gasteiger partial charge in [-0.25, -0.2) is 9.97 Å². The molecular weight excluding hydrogens is 238 g/mol. The smallest absolute Gasteiger partial charge is 0.177 e. The van der Waals surface area contributed by atoms with Gasteiger partial charge in [0.2, 0.25) is 0 Å². The van der Waals surface area contributed by atoms with Crippen LogP contribution in [0.2, 0.25) is 0 Å². The zero-order chi connectivity index (χ0) is 13.1. The Bertz CT molecular complexity index is 542. The van der Waals surface area contributed by atoms with Crippen molar-refractivity contribution in [1.82, 2.24) is 25.2 Å². The zero-order valence-corrected chi connectivity index (χ0v) is 11.4. The molecule has 0 saturated carbocycles. The largest absolute Gasteiger partial charge is 0.341 e. The Morgan fingerprint density at radius 2 is 2.21 bits per heavy atom. The third-order valence-corrected chi connectivity index (χ3v) is 3.72. The van der Waals surface area contributed by atoms with Gasteiger partial charge in [0.25, 0.3) is 0 Å². The number of nitrogens with zero attached hydrogens (tertiary/aromatic N) is 3. The molecule has 0 atom stereocenters. The highest BCUT2D eigenvalue weighted by molar-refractivity contribution is 5.74. The van der Waals surface area contributed by atoms with Crippen LogP contribution in [0.25, 0.3) is 11.2 Å². The first kappa shape index (κ1) is 12.6. The molecule has 19 heavy (non-hydrogen) atoms. The predicted octanol–water partition coefficient (Wildman–Crippen LogP) is 1.45. The van der Waals surface area contributed by atoms with Gasteiger partial charge in [-0.3, -0.25) is 0 Å². The summed E-state index contributed by atoms with van der Waals surface area (Å²) in [6.45, 7) is 7.55. The molecule has 1 saturated heterocycles. The Morgan fingerprint density at radius 1 is 1.37 bits per heavy atom. The van der Waals surface area contributed by atoms with Gasteiger partial charge < -0.3 is 15.2 Å². The second-order valence-electron chi connectivity index (χ2n) is 5.22. The number of H-pyrrole nitrogens is 1. The molecule has 0 spiro atoms. The van der Waals surface area contributed by atoms with E-state index in [0.29, 0.717) is 0 Å². The average Bonchev–Trinajstić information content (AvgIpc) is 3.02. The number of aromatic amines is 1. The van der Waals surface area contributed by atoms with E-state index in [2.05, 4.69) is 31.2 Å². The van der Waals surface area contributed by atoms with Crippen LogP contribution < -0.4 is 5.32 Å². The summed E-state index contributed by atoms with van der Waals surface area (Å²) in [6, 6.07) is 2.06. The van der Waals surface area contributed by atoms with Crippen molar-refractivity contribution in [2.24, 2.45) is 0 Å². The lowest BCUT2D eigenvalue weighted by molar-refractivity contribution is 0.336. The number of hydrogen-bond donors (Lipinski definition) is 2. The van der Waals surface area contributed by atoms with E-state index in [0.717, 1.165) is 36.6 Å². The summed E-state index contributed by atoms with van der Waals surface area (Å²) < 4.78 is 0. The Hall–Kier alpha value is -1.46. The number of fused-ring (bicyclic) bond motifs is 1. The maximum absolute atomic E-state index is 4.36. The molecule has 5 heteroatoms. The molecule has 3 heterocycles. The number of likely N-dealkylation sites (tertiary alicyclic amines) is 1. The highest BCUT2D eigenvalue weighted by atomic mass is 15.1. The molecule has 0 bridgehead atoms. The number of pyridine rings is 1. The van der Waals surface area contributed by atoms with Crippen LogP contribution in [0.5, 0.6) is 0 Å². The Balaban J connectivity index is 1.56. The van der Waals surface area contributed by atoms with Crippen molar-refractivity contribution in [2.75, 3.05) is 26.2 Å². The Morgan fingerprint density at radius 3 is 3.05 bits per heavy atom. The van der Waals surface area contributed by atoms with Crippen molar-refractivity contribution in [1.29, 1.82) is 0 Å². The van der Waals surface area contributed by atoms with Crippen LogP contribution >= 0.6 is 0 Å². The highest BCUT2D eigenvalue weighted by Gasteiger charge is 2.10. The first-order valence-electron chi connectivity index (χ1n) is 7.06. The minimum Gasteiger partial charge on any atom is -0.341 e. The SMILES string of the molecule is Cc1nc2nccc(CNCCN3CCCC3)c2[nH]1. The molecule has 0 aromatic carbocycles. The fourth-order valence-corrected chi connectivity index (χ4v) is 2.69. The fourth-order valence-electron chi connectivity index (χ4n) is 2.69. The van der Waals surface area contributed by atoms with E-state index in [4.69, 9.17) is 0 Å². The Kier molecular flexibility index (Phi) is 3.75. The number of rotatable bonds is 5. The van der Waals surface area contributed by atoms with Gasteiger partial charge in [-0.05, 0) is 44.5 Å². The molecule has 3 rings (SSSR count). The van der Waals surface area contributed by atoms with Crippen LogP contribution in [0.1, 0.15) is 24.2 Å². The summed E-state index contributed by atoms with van der Waals surface area (Å²) >= 11 is 0. The molecule has 1 fully saturated rings. The Labute approximate surface area is 113 Å².